The third kappa shape index (κ3) is 4.52. The molecule has 0 saturated carbocycles. The summed E-state index contributed by atoms with van der Waals surface area (Å²) in [6, 6.07) is 0.244. The van der Waals surface area contributed by atoms with Gasteiger partial charge < -0.3 is 5.32 Å². The zero-order valence-corrected chi connectivity index (χ0v) is 13.9. The number of aryl methyl sites for hydroxylation is 1. The Labute approximate surface area is 127 Å². The Balaban J connectivity index is 2.03. The highest BCUT2D eigenvalue weighted by Crippen LogP contribution is 2.28. The van der Waals surface area contributed by atoms with Crippen molar-refractivity contribution >= 4 is 10.0 Å². The number of sulfonamides is 1. The van der Waals surface area contributed by atoms with Crippen LogP contribution in [0.15, 0.2) is 12.4 Å². The number of nitrogens with one attached hydrogen (secondary N) is 1. The fourth-order valence-corrected chi connectivity index (χ4v) is 4.00. The number of rotatable bonds is 6. The van der Waals surface area contributed by atoms with E-state index in [1.54, 1.807) is 4.31 Å². The lowest BCUT2D eigenvalue weighted by Crippen LogP contribution is -2.40. The Morgan fingerprint density at radius 2 is 2.29 bits per heavy atom. The molecule has 1 aromatic heterocycles. The maximum atomic E-state index is 11.7. The summed E-state index contributed by atoms with van der Waals surface area (Å²) in [6.45, 7) is 4.28. The van der Waals surface area contributed by atoms with Gasteiger partial charge in [-0.15, -0.1) is 0 Å². The van der Waals surface area contributed by atoms with Crippen LogP contribution in [0.1, 0.15) is 37.8 Å². The molecule has 2 unspecified atom stereocenters. The van der Waals surface area contributed by atoms with E-state index in [-0.39, 0.29) is 6.04 Å². The lowest BCUT2D eigenvalue weighted by Gasteiger charge is -2.33. The first kappa shape index (κ1) is 16.5. The monoisotopic (exact) mass is 314 g/mol. The van der Waals surface area contributed by atoms with Crippen molar-refractivity contribution in [2.45, 2.75) is 32.2 Å². The van der Waals surface area contributed by atoms with Gasteiger partial charge in [0.05, 0.1) is 12.5 Å². The molecule has 0 spiro atoms. The van der Waals surface area contributed by atoms with E-state index >= 15 is 0 Å². The van der Waals surface area contributed by atoms with Gasteiger partial charge in [0, 0.05) is 37.9 Å². The molecular formula is C14H26N4O2S. The number of hydrogen-bond acceptors (Lipinski definition) is 4. The SMILES string of the molecule is CCNC(CC1CCCN(S(C)(=O)=O)C1)c1cnn(C)c1. The predicted molar refractivity (Wildman–Crippen MR) is 83.4 cm³/mol. The Kier molecular flexibility index (Phi) is 5.40. The molecule has 2 atom stereocenters. The molecule has 6 nitrogen and oxygen atoms in total. The molecule has 0 aromatic carbocycles. The van der Waals surface area contributed by atoms with Gasteiger partial charge in [0.2, 0.25) is 10.0 Å². The topological polar surface area (TPSA) is 67.2 Å². The van der Waals surface area contributed by atoms with Gasteiger partial charge in [-0.1, -0.05) is 6.92 Å². The van der Waals surface area contributed by atoms with Crippen molar-refractivity contribution in [3.05, 3.63) is 18.0 Å². The van der Waals surface area contributed by atoms with Crippen LogP contribution < -0.4 is 5.32 Å². The van der Waals surface area contributed by atoms with Crippen LogP contribution in [0, 0.1) is 5.92 Å². The Morgan fingerprint density at radius 1 is 1.52 bits per heavy atom. The van der Waals surface area contributed by atoms with Crippen molar-refractivity contribution in [3.63, 3.8) is 0 Å². The first-order valence-corrected chi connectivity index (χ1v) is 9.42. The van der Waals surface area contributed by atoms with E-state index in [9.17, 15) is 8.42 Å². The largest absolute Gasteiger partial charge is 0.310 e. The summed E-state index contributed by atoms with van der Waals surface area (Å²) in [5.74, 6) is 0.401. The Hall–Kier alpha value is -0.920. The van der Waals surface area contributed by atoms with Gasteiger partial charge in [0.25, 0.3) is 0 Å². The molecule has 7 heteroatoms. The molecule has 1 aromatic rings. The van der Waals surface area contributed by atoms with Crippen LogP contribution in [0.4, 0.5) is 0 Å². The average molecular weight is 314 g/mol. The molecule has 120 valence electrons. The van der Waals surface area contributed by atoms with Crippen molar-refractivity contribution < 1.29 is 8.42 Å². The highest BCUT2D eigenvalue weighted by Gasteiger charge is 2.28. The van der Waals surface area contributed by atoms with E-state index in [1.165, 1.54) is 11.8 Å². The quantitative estimate of drug-likeness (QED) is 0.855. The first-order chi connectivity index (χ1) is 9.90. The van der Waals surface area contributed by atoms with E-state index in [2.05, 4.69) is 17.3 Å². The lowest BCUT2D eigenvalue weighted by molar-refractivity contribution is 0.239. The summed E-state index contributed by atoms with van der Waals surface area (Å²) in [6.07, 6.45) is 8.22. The molecule has 1 fully saturated rings. The Bertz CT molecular complexity index is 555. The molecule has 0 bridgehead atoms. The molecule has 1 aliphatic rings. The summed E-state index contributed by atoms with van der Waals surface area (Å²) < 4.78 is 26.9. The molecule has 0 radical (unpaired) electrons. The molecule has 1 N–H and O–H groups in total. The summed E-state index contributed by atoms with van der Waals surface area (Å²) in [5.41, 5.74) is 1.18. The van der Waals surface area contributed by atoms with Gasteiger partial charge in [0.1, 0.15) is 0 Å². The maximum absolute atomic E-state index is 11.7. The fourth-order valence-electron chi connectivity index (χ4n) is 3.06. The third-order valence-electron chi connectivity index (χ3n) is 4.10. The minimum atomic E-state index is -3.07. The third-order valence-corrected chi connectivity index (χ3v) is 5.37. The van der Waals surface area contributed by atoms with Gasteiger partial charge >= 0.3 is 0 Å². The van der Waals surface area contributed by atoms with Crippen LogP contribution in [0.5, 0.6) is 0 Å². The number of aromatic nitrogens is 2. The first-order valence-electron chi connectivity index (χ1n) is 7.57. The van der Waals surface area contributed by atoms with Crippen molar-refractivity contribution in [3.8, 4) is 0 Å². The van der Waals surface area contributed by atoms with E-state index in [1.807, 2.05) is 24.1 Å². The smallest absolute Gasteiger partial charge is 0.211 e. The zero-order chi connectivity index (χ0) is 15.5. The van der Waals surface area contributed by atoms with Gasteiger partial charge in [-0.2, -0.15) is 5.10 Å². The van der Waals surface area contributed by atoms with Crippen molar-refractivity contribution in [2.24, 2.45) is 13.0 Å². The molecule has 21 heavy (non-hydrogen) atoms. The molecule has 1 saturated heterocycles. The number of hydrogen-bond donors (Lipinski definition) is 1. The van der Waals surface area contributed by atoms with Crippen molar-refractivity contribution in [1.29, 1.82) is 0 Å². The van der Waals surface area contributed by atoms with Crippen LogP contribution in [0.25, 0.3) is 0 Å². The maximum Gasteiger partial charge on any atom is 0.211 e. The minimum absolute atomic E-state index is 0.244. The summed E-state index contributed by atoms with van der Waals surface area (Å²) in [5, 5.41) is 7.73. The van der Waals surface area contributed by atoms with Gasteiger partial charge in [-0.05, 0) is 31.7 Å². The second kappa shape index (κ2) is 6.89. The summed E-state index contributed by atoms with van der Waals surface area (Å²) >= 11 is 0. The minimum Gasteiger partial charge on any atom is -0.310 e. The van der Waals surface area contributed by atoms with Gasteiger partial charge in [-0.3, -0.25) is 4.68 Å². The van der Waals surface area contributed by atoms with E-state index in [0.29, 0.717) is 19.0 Å². The zero-order valence-electron chi connectivity index (χ0n) is 13.1. The predicted octanol–water partition coefficient (Wildman–Crippen LogP) is 1.13. The van der Waals surface area contributed by atoms with Crippen LogP contribution >= 0.6 is 0 Å². The van der Waals surface area contributed by atoms with Crippen LogP contribution in [-0.4, -0.2) is 48.4 Å². The highest BCUT2D eigenvalue weighted by atomic mass is 32.2. The molecule has 2 rings (SSSR count). The van der Waals surface area contributed by atoms with Crippen LogP contribution in [0.2, 0.25) is 0 Å². The van der Waals surface area contributed by atoms with Crippen LogP contribution in [-0.2, 0) is 17.1 Å². The standard InChI is InChI=1S/C14H26N4O2S/c1-4-15-14(13-9-16-17(2)11-13)8-12-6-5-7-18(10-12)21(3,19)20/h9,11-12,14-15H,4-8,10H2,1-3H3. The fraction of sp³-hybridized carbons (Fsp3) is 0.786. The molecule has 2 heterocycles. The average Bonchev–Trinajstić information content (AvgIpc) is 2.84. The number of piperidine rings is 1. The lowest BCUT2D eigenvalue weighted by atomic mass is 9.90. The highest BCUT2D eigenvalue weighted by molar-refractivity contribution is 7.88. The van der Waals surface area contributed by atoms with E-state index in [0.717, 1.165) is 25.8 Å². The summed E-state index contributed by atoms with van der Waals surface area (Å²) in [7, 11) is -1.16. The van der Waals surface area contributed by atoms with E-state index < -0.39 is 10.0 Å². The molecular weight excluding hydrogens is 288 g/mol. The molecule has 0 amide bonds. The Morgan fingerprint density at radius 3 is 2.86 bits per heavy atom. The second-order valence-corrected chi connectivity index (χ2v) is 7.91. The number of nitrogens with zero attached hydrogens (tertiary/aromatic N) is 3. The second-order valence-electron chi connectivity index (χ2n) is 5.92. The normalized spacial score (nSPS) is 22.3. The van der Waals surface area contributed by atoms with Gasteiger partial charge in [-0.25, -0.2) is 12.7 Å². The van der Waals surface area contributed by atoms with Crippen LogP contribution in [0.3, 0.4) is 0 Å². The summed E-state index contributed by atoms with van der Waals surface area (Å²) in [4.78, 5) is 0. The van der Waals surface area contributed by atoms with Crippen molar-refractivity contribution in [1.82, 2.24) is 19.4 Å². The van der Waals surface area contributed by atoms with Crippen molar-refractivity contribution in [2.75, 3.05) is 25.9 Å². The molecule has 0 aliphatic carbocycles. The van der Waals surface area contributed by atoms with Gasteiger partial charge in [0.15, 0.2) is 0 Å². The molecule has 1 aliphatic heterocycles. The van der Waals surface area contributed by atoms with E-state index in [4.69, 9.17) is 0 Å².